The molecule has 0 aliphatic carbocycles. The fraction of sp³-hybridized carbons (Fsp3) is 0.647. The summed E-state index contributed by atoms with van der Waals surface area (Å²) in [5, 5.41) is 3.59. The molecule has 0 aliphatic rings. The van der Waals surface area contributed by atoms with E-state index in [2.05, 4.69) is 64.2 Å². The van der Waals surface area contributed by atoms with Gasteiger partial charge in [-0.05, 0) is 30.7 Å². The van der Waals surface area contributed by atoms with Crippen molar-refractivity contribution in [3.05, 3.63) is 35.4 Å². The molecule has 0 aliphatic heterocycles. The third kappa shape index (κ3) is 5.22. The summed E-state index contributed by atoms with van der Waals surface area (Å²) < 4.78 is 0. The summed E-state index contributed by atoms with van der Waals surface area (Å²) in [6, 6.07) is 9.62. The van der Waals surface area contributed by atoms with Crippen LogP contribution in [0.25, 0.3) is 0 Å². The Kier molecular flexibility index (Phi) is 6.42. The molecule has 102 valence electrons. The summed E-state index contributed by atoms with van der Waals surface area (Å²) in [7, 11) is 0. The lowest BCUT2D eigenvalue weighted by Crippen LogP contribution is -2.28. The Balaban J connectivity index is 2.72. The topological polar surface area (TPSA) is 12.0 Å². The molecule has 2 atom stereocenters. The van der Waals surface area contributed by atoms with E-state index >= 15 is 0 Å². The number of aryl methyl sites for hydroxylation is 1. The van der Waals surface area contributed by atoms with E-state index < -0.39 is 0 Å². The molecular formula is C17H29N. The number of hydrogen-bond acceptors (Lipinski definition) is 1. The van der Waals surface area contributed by atoms with E-state index in [0.717, 1.165) is 12.5 Å². The molecule has 0 saturated heterocycles. The van der Waals surface area contributed by atoms with Crippen LogP contribution in [0.5, 0.6) is 0 Å². The zero-order valence-corrected chi connectivity index (χ0v) is 12.7. The van der Waals surface area contributed by atoms with Gasteiger partial charge in [-0.1, -0.05) is 63.9 Å². The third-order valence-corrected chi connectivity index (χ3v) is 3.71. The van der Waals surface area contributed by atoms with Gasteiger partial charge in [-0.25, -0.2) is 0 Å². The van der Waals surface area contributed by atoms with Gasteiger partial charge in [-0.2, -0.15) is 0 Å². The van der Waals surface area contributed by atoms with Crippen LogP contribution < -0.4 is 5.32 Å². The predicted octanol–water partition coefficient (Wildman–Crippen LogP) is 4.51. The van der Waals surface area contributed by atoms with Gasteiger partial charge in [0.15, 0.2) is 0 Å². The van der Waals surface area contributed by atoms with Crippen LogP contribution in [-0.2, 0) is 0 Å². The Morgan fingerprint density at radius 3 is 2.17 bits per heavy atom. The van der Waals surface area contributed by atoms with E-state index in [9.17, 15) is 0 Å². The van der Waals surface area contributed by atoms with Gasteiger partial charge >= 0.3 is 0 Å². The van der Waals surface area contributed by atoms with Crippen molar-refractivity contribution >= 4 is 0 Å². The molecule has 1 nitrogen and oxygen atoms in total. The first-order valence-electron chi connectivity index (χ1n) is 7.32. The molecular weight excluding hydrogens is 218 g/mol. The first kappa shape index (κ1) is 15.2. The molecule has 1 aromatic rings. The lowest BCUT2D eigenvalue weighted by Gasteiger charge is -2.22. The number of benzene rings is 1. The Bertz CT molecular complexity index is 326. The molecule has 0 radical (unpaired) electrons. The number of hydrogen-bond donors (Lipinski definition) is 1. The highest BCUT2D eigenvalue weighted by Gasteiger charge is 2.14. The molecule has 0 bridgehead atoms. The van der Waals surface area contributed by atoms with Crippen molar-refractivity contribution in [1.29, 1.82) is 0 Å². The molecule has 0 spiro atoms. The number of rotatable bonds is 7. The summed E-state index contributed by atoms with van der Waals surface area (Å²) in [6.45, 7) is 12.3. The molecule has 1 aromatic carbocycles. The average molecular weight is 247 g/mol. The second-order valence-corrected chi connectivity index (χ2v) is 5.92. The van der Waals surface area contributed by atoms with Gasteiger partial charge in [0.2, 0.25) is 0 Å². The van der Waals surface area contributed by atoms with Crippen LogP contribution in [0, 0.1) is 12.8 Å². The molecule has 0 amide bonds. The van der Waals surface area contributed by atoms with Crippen molar-refractivity contribution in [2.75, 3.05) is 6.54 Å². The van der Waals surface area contributed by atoms with Gasteiger partial charge in [-0.3, -0.25) is 0 Å². The van der Waals surface area contributed by atoms with Gasteiger partial charge in [0, 0.05) is 12.6 Å². The second-order valence-electron chi connectivity index (χ2n) is 5.92. The van der Waals surface area contributed by atoms with E-state index in [1.165, 1.54) is 24.0 Å². The van der Waals surface area contributed by atoms with E-state index in [-0.39, 0.29) is 0 Å². The summed E-state index contributed by atoms with van der Waals surface area (Å²) in [4.78, 5) is 0. The SMILES string of the molecule is CCC(C)CC(CNC(C)C)c1ccc(C)cc1. The van der Waals surface area contributed by atoms with Crippen molar-refractivity contribution in [2.45, 2.75) is 59.4 Å². The fourth-order valence-electron chi connectivity index (χ4n) is 2.21. The van der Waals surface area contributed by atoms with Gasteiger partial charge in [-0.15, -0.1) is 0 Å². The summed E-state index contributed by atoms with van der Waals surface area (Å²) in [5.74, 6) is 1.44. The second kappa shape index (κ2) is 7.58. The van der Waals surface area contributed by atoms with Crippen LogP contribution >= 0.6 is 0 Å². The first-order valence-corrected chi connectivity index (χ1v) is 7.32. The minimum Gasteiger partial charge on any atom is -0.314 e. The van der Waals surface area contributed by atoms with Gasteiger partial charge in [0.1, 0.15) is 0 Å². The molecule has 0 heterocycles. The maximum Gasteiger partial charge on any atom is 0.00226 e. The van der Waals surface area contributed by atoms with Gasteiger partial charge < -0.3 is 5.32 Å². The van der Waals surface area contributed by atoms with E-state index in [4.69, 9.17) is 0 Å². The highest BCUT2D eigenvalue weighted by molar-refractivity contribution is 5.24. The molecule has 0 fully saturated rings. The smallest absolute Gasteiger partial charge is 0.00226 e. The summed E-state index contributed by atoms with van der Waals surface area (Å²) >= 11 is 0. The summed E-state index contributed by atoms with van der Waals surface area (Å²) in [5.41, 5.74) is 2.83. The maximum atomic E-state index is 3.59. The van der Waals surface area contributed by atoms with Crippen LogP contribution in [-0.4, -0.2) is 12.6 Å². The Hall–Kier alpha value is -0.820. The third-order valence-electron chi connectivity index (χ3n) is 3.71. The quantitative estimate of drug-likeness (QED) is 0.747. The van der Waals surface area contributed by atoms with Crippen LogP contribution in [0.2, 0.25) is 0 Å². The lowest BCUT2D eigenvalue weighted by molar-refractivity contribution is 0.424. The first-order chi connectivity index (χ1) is 8.52. The van der Waals surface area contributed by atoms with Crippen LogP contribution in [0.3, 0.4) is 0 Å². The van der Waals surface area contributed by atoms with Crippen LogP contribution in [0.4, 0.5) is 0 Å². The molecule has 18 heavy (non-hydrogen) atoms. The Labute approximate surface area is 113 Å². The van der Waals surface area contributed by atoms with Crippen molar-refractivity contribution in [3.8, 4) is 0 Å². The normalized spacial score (nSPS) is 14.8. The van der Waals surface area contributed by atoms with E-state index in [1.54, 1.807) is 0 Å². The zero-order chi connectivity index (χ0) is 13.5. The monoisotopic (exact) mass is 247 g/mol. The van der Waals surface area contributed by atoms with Crippen LogP contribution in [0.15, 0.2) is 24.3 Å². The lowest BCUT2D eigenvalue weighted by atomic mass is 9.88. The Morgan fingerprint density at radius 2 is 1.67 bits per heavy atom. The van der Waals surface area contributed by atoms with Gasteiger partial charge in [0.25, 0.3) is 0 Å². The highest BCUT2D eigenvalue weighted by atomic mass is 14.9. The van der Waals surface area contributed by atoms with Crippen molar-refractivity contribution in [2.24, 2.45) is 5.92 Å². The van der Waals surface area contributed by atoms with Crippen molar-refractivity contribution in [1.82, 2.24) is 5.32 Å². The predicted molar refractivity (Wildman–Crippen MR) is 81.1 cm³/mol. The number of nitrogens with one attached hydrogen (secondary N) is 1. The molecule has 1 N–H and O–H groups in total. The molecule has 1 rings (SSSR count). The zero-order valence-electron chi connectivity index (χ0n) is 12.7. The van der Waals surface area contributed by atoms with Crippen molar-refractivity contribution in [3.63, 3.8) is 0 Å². The minimum absolute atomic E-state index is 0.565. The average Bonchev–Trinajstić information content (AvgIpc) is 2.35. The molecule has 1 heteroatoms. The molecule has 0 aromatic heterocycles. The Morgan fingerprint density at radius 1 is 1.06 bits per heavy atom. The van der Waals surface area contributed by atoms with E-state index in [1.807, 2.05) is 0 Å². The standard InChI is InChI=1S/C17H29N/c1-6-14(4)11-17(12-18-13(2)3)16-9-7-15(5)8-10-16/h7-10,13-14,17-18H,6,11-12H2,1-5H3. The molecule has 0 saturated carbocycles. The minimum atomic E-state index is 0.565. The summed E-state index contributed by atoms with van der Waals surface area (Å²) in [6.07, 6.45) is 2.54. The van der Waals surface area contributed by atoms with Crippen molar-refractivity contribution < 1.29 is 0 Å². The fourth-order valence-corrected chi connectivity index (χ4v) is 2.21. The largest absolute Gasteiger partial charge is 0.314 e. The maximum absolute atomic E-state index is 3.59. The van der Waals surface area contributed by atoms with E-state index in [0.29, 0.717) is 12.0 Å². The molecule has 2 unspecified atom stereocenters. The van der Waals surface area contributed by atoms with Gasteiger partial charge in [0.05, 0.1) is 0 Å². The van der Waals surface area contributed by atoms with Crippen LogP contribution in [0.1, 0.15) is 57.6 Å². The highest BCUT2D eigenvalue weighted by Crippen LogP contribution is 2.25.